The maximum absolute atomic E-state index is 11.1. The molecule has 0 atom stereocenters. The van der Waals surface area contributed by atoms with E-state index in [1.807, 2.05) is 0 Å². The number of phenols is 1. The van der Waals surface area contributed by atoms with E-state index in [1.54, 1.807) is 12.1 Å². The zero-order chi connectivity index (χ0) is 15.3. The SMILES string of the molecule is O=[N+]([O-])c1ccc(O)cc1-c1nc2cc3c(cc2s1)OCO3. The number of aromatic hydroxyl groups is 1. The molecule has 3 aromatic rings. The van der Waals surface area contributed by atoms with Crippen LogP contribution in [0, 0.1) is 10.1 Å². The lowest BCUT2D eigenvalue weighted by Gasteiger charge is -1.99. The van der Waals surface area contributed by atoms with Gasteiger partial charge in [-0.25, -0.2) is 4.98 Å². The van der Waals surface area contributed by atoms with Gasteiger partial charge in [-0.3, -0.25) is 10.1 Å². The van der Waals surface area contributed by atoms with Crippen LogP contribution in [0.5, 0.6) is 17.2 Å². The second-order valence-electron chi connectivity index (χ2n) is 4.65. The minimum atomic E-state index is -0.493. The van der Waals surface area contributed by atoms with Crippen molar-refractivity contribution >= 4 is 27.2 Å². The van der Waals surface area contributed by atoms with E-state index in [4.69, 9.17) is 9.47 Å². The summed E-state index contributed by atoms with van der Waals surface area (Å²) in [5.41, 5.74) is 0.854. The molecule has 1 aliphatic rings. The Hall–Kier alpha value is -2.87. The number of ether oxygens (including phenoxy) is 2. The third-order valence-corrected chi connectivity index (χ3v) is 4.34. The van der Waals surface area contributed by atoms with Crippen molar-refractivity contribution in [2.75, 3.05) is 6.79 Å². The number of aromatic nitrogens is 1. The highest BCUT2D eigenvalue weighted by atomic mass is 32.1. The van der Waals surface area contributed by atoms with Gasteiger partial charge in [-0.15, -0.1) is 11.3 Å². The van der Waals surface area contributed by atoms with Crippen LogP contribution in [0.3, 0.4) is 0 Å². The fourth-order valence-electron chi connectivity index (χ4n) is 2.29. The lowest BCUT2D eigenvalue weighted by Crippen LogP contribution is -1.92. The van der Waals surface area contributed by atoms with Crippen molar-refractivity contribution in [3.8, 4) is 27.8 Å². The van der Waals surface area contributed by atoms with Crippen molar-refractivity contribution in [1.82, 2.24) is 4.98 Å². The standard InChI is InChI=1S/C14H8N2O5S/c17-7-1-2-10(16(18)19)8(3-7)14-15-9-4-11-12(21-6-20-11)5-13(9)22-14/h1-5,17H,6H2. The zero-order valence-corrected chi connectivity index (χ0v) is 11.8. The highest BCUT2D eigenvalue weighted by Crippen LogP contribution is 2.42. The van der Waals surface area contributed by atoms with Gasteiger partial charge >= 0.3 is 0 Å². The minimum Gasteiger partial charge on any atom is -0.508 e. The Morgan fingerprint density at radius 2 is 2.00 bits per heavy atom. The van der Waals surface area contributed by atoms with Crippen LogP contribution in [0.15, 0.2) is 30.3 Å². The summed E-state index contributed by atoms with van der Waals surface area (Å²) in [7, 11) is 0. The molecule has 110 valence electrons. The maximum atomic E-state index is 11.1. The summed E-state index contributed by atoms with van der Waals surface area (Å²) >= 11 is 1.29. The first-order valence-electron chi connectivity index (χ1n) is 6.30. The summed E-state index contributed by atoms with van der Waals surface area (Å²) < 4.78 is 11.4. The molecule has 22 heavy (non-hydrogen) atoms. The molecule has 1 aromatic heterocycles. The summed E-state index contributed by atoms with van der Waals surface area (Å²) in [6, 6.07) is 7.43. The van der Waals surface area contributed by atoms with Crippen LogP contribution in [0.4, 0.5) is 5.69 Å². The normalized spacial score (nSPS) is 12.7. The van der Waals surface area contributed by atoms with Crippen molar-refractivity contribution in [3.05, 3.63) is 40.4 Å². The smallest absolute Gasteiger partial charge is 0.279 e. The molecule has 2 aromatic carbocycles. The van der Waals surface area contributed by atoms with Crippen molar-refractivity contribution in [2.45, 2.75) is 0 Å². The molecule has 0 unspecified atom stereocenters. The van der Waals surface area contributed by atoms with E-state index in [-0.39, 0.29) is 23.8 Å². The number of rotatable bonds is 2. The number of phenolic OH excluding ortho intramolecular Hbond substituents is 1. The molecular weight excluding hydrogens is 308 g/mol. The number of hydrogen-bond acceptors (Lipinski definition) is 7. The van der Waals surface area contributed by atoms with E-state index in [1.165, 1.54) is 29.5 Å². The van der Waals surface area contributed by atoms with Crippen molar-refractivity contribution in [1.29, 1.82) is 0 Å². The second-order valence-corrected chi connectivity index (χ2v) is 5.68. The van der Waals surface area contributed by atoms with E-state index < -0.39 is 4.92 Å². The van der Waals surface area contributed by atoms with Crippen LogP contribution in [0.25, 0.3) is 20.8 Å². The molecule has 0 aliphatic carbocycles. The summed E-state index contributed by atoms with van der Waals surface area (Å²) in [5, 5.41) is 21.2. The van der Waals surface area contributed by atoms with Gasteiger partial charge < -0.3 is 14.6 Å². The second kappa shape index (κ2) is 4.57. The molecule has 1 N–H and O–H groups in total. The largest absolute Gasteiger partial charge is 0.508 e. The average molecular weight is 316 g/mol. The molecule has 0 fully saturated rings. The van der Waals surface area contributed by atoms with E-state index >= 15 is 0 Å². The highest BCUT2D eigenvalue weighted by Gasteiger charge is 2.21. The number of benzene rings is 2. The quantitative estimate of drug-likeness (QED) is 0.575. The van der Waals surface area contributed by atoms with Gasteiger partial charge in [0, 0.05) is 18.2 Å². The topological polar surface area (TPSA) is 94.7 Å². The van der Waals surface area contributed by atoms with Gasteiger partial charge in [0.15, 0.2) is 11.5 Å². The van der Waals surface area contributed by atoms with Crippen LogP contribution in [0.1, 0.15) is 0 Å². The predicted octanol–water partition coefficient (Wildman–Crippen LogP) is 3.31. The Morgan fingerprint density at radius 3 is 2.77 bits per heavy atom. The molecule has 0 amide bonds. The molecule has 8 heteroatoms. The van der Waals surface area contributed by atoms with Crippen molar-refractivity contribution in [3.63, 3.8) is 0 Å². The molecule has 0 radical (unpaired) electrons. The van der Waals surface area contributed by atoms with Crippen molar-refractivity contribution in [2.24, 2.45) is 0 Å². The average Bonchev–Trinajstić information content (AvgIpc) is 3.09. The van der Waals surface area contributed by atoms with Gasteiger partial charge in [0.25, 0.3) is 5.69 Å². The van der Waals surface area contributed by atoms with E-state index in [0.717, 1.165) is 4.70 Å². The van der Waals surface area contributed by atoms with Gasteiger partial charge in [-0.2, -0.15) is 0 Å². The molecular formula is C14H8N2O5S. The van der Waals surface area contributed by atoms with Crippen LogP contribution >= 0.6 is 11.3 Å². The summed E-state index contributed by atoms with van der Waals surface area (Å²) in [4.78, 5) is 15.1. The Bertz CT molecular complexity index is 880. The van der Waals surface area contributed by atoms with Gasteiger partial charge in [0.1, 0.15) is 10.8 Å². The third-order valence-electron chi connectivity index (χ3n) is 3.29. The molecule has 4 rings (SSSR count). The van der Waals surface area contributed by atoms with Gasteiger partial charge in [0.2, 0.25) is 6.79 Å². The Balaban J connectivity index is 1.92. The van der Waals surface area contributed by atoms with Crippen LogP contribution in [-0.4, -0.2) is 21.8 Å². The fourth-order valence-corrected chi connectivity index (χ4v) is 3.29. The number of nitrogens with zero attached hydrogens (tertiary/aromatic N) is 2. The van der Waals surface area contributed by atoms with Gasteiger partial charge in [-0.05, 0) is 12.1 Å². The maximum Gasteiger partial charge on any atom is 0.279 e. The van der Waals surface area contributed by atoms with Crippen LogP contribution in [-0.2, 0) is 0 Å². The number of fused-ring (bicyclic) bond motifs is 2. The Morgan fingerprint density at radius 1 is 1.23 bits per heavy atom. The molecule has 2 heterocycles. The first kappa shape index (κ1) is 12.8. The number of nitro groups is 1. The summed E-state index contributed by atoms with van der Waals surface area (Å²) in [6.07, 6.45) is 0. The summed E-state index contributed by atoms with van der Waals surface area (Å²) in [6.45, 7) is 0.178. The molecule has 0 bridgehead atoms. The van der Waals surface area contributed by atoms with Gasteiger partial charge in [-0.1, -0.05) is 0 Å². The van der Waals surface area contributed by atoms with Crippen LogP contribution in [0.2, 0.25) is 0 Å². The van der Waals surface area contributed by atoms with E-state index in [2.05, 4.69) is 4.98 Å². The minimum absolute atomic E-state index is 0.0472. The van der Waals surface area contributed by atoms with E-state index in [9.17, 15) is 15.2 Å². The number of thiazole rings is 1. The fraction of sp³-hybridized carbons (Fsp3) is 0.0714. The number of hydrogen-bond donors (Lipinski definition) is 1. The third kappa shape index (κ3) is 1.92. The first-order valence-corrected chi connectivity index (χ1v) is 7.11. The van der Waals surface area contributed by atoms with Crippen LogP contribution < -0.4 is 9.47 Å². The predicted molar refractivity (Wildman–Crippen MR) is 79.5 cm³/mol. The highest BCUT2D eigenvalue weighted by molar-refractivity contribution is 7.21. The lowest BCUT2D eigenvalue weighted by atomic mass is 10.2. The van der Waals surface area contributed by atoms with E-state index in [0.29, 0.717) is 22.0 Å². The molecule has 0 saturated carbocycles. The number of nitro benzene ring substituents is 1. The lowest BCUT2D eigenvalue weighted by molar-refractivity contribution is -0.384. The summed E-state index contributed by atoms with van der Waals surface area (Å²) in [5.74, 6) is 1.19. The molecule has 0 saturated heterocycles. The molecule has 1 aliphatic heterocycles. The van der Waals surface area contributed by atoms with Crippen molar-refractivity contribution < 1.29 is 19.5 Å². The molecule has 0 spiro atoms. The molecule has 7 nitrogen and oxygen atoms in total. The Kier molecular flexibility index (Phi) is 2.67. The monoisotopic (exact) mass is 316 g/mol. The zero-order valence-electron chi connectivity index (χ0n) is 11.0. The first-order chi connectivity index (χ1) is 10.6. The Labute approximate surface area is 127 Å². The van der Waals surface area contributed by atoms with Gasteiger partial charge in [0.05, 0.1) is 20.7 Å².